The van der Waals surface area contributed by atoms with E-state index in [1.165, 1.54) is 39.0 Å². The second kappa shape index (κ2) is 22.0. The van der Waals surface area contributed by atoms with Crippen molar-refractivity contribution in [2.45, 2.75) is 97.1 Å². The van der Waals surface area contributed by atoms with Crippen LogP contribution in [0.3, 0.4) is 0 Å². The smallest absolute Gasteiger partial charge is 0.338 e. The maximum Gasteiger partial charge on any atom is 0.338 e. The quantitative estimate of drug-likeness (QED) is 0.0852. The number of nitrogens with zero attached hydrogens (tertiary/aromatic N) is 1. The first-order valence-electron chi connectivity index (χ1n) is 17.1. The van der Waals surface area contributed by atoms with Crippen LogP contribution in [0.1, 0.15) is 100 Å². The number of hydrogen-bond donors (Lipinski definition) is 2. The number of anilines is 3. The van der Waals surface area contributed by atoms with Crippen molar-refractivity contribution < 1.29 is 19.1 Å². The van der Waals surface area contributed by atoms with E-state index in [0.29, 0.717) is 40.6 Å². The first-order chi connectivity index (χ1) is 23.2. The lowest BCUT2D eigenvalue weighted by atomic mass is 9.93. The molecule has 48 heavy (non-hydrogen) atoms. The van der Waals surface area contributed by atoms with Crippen LogP contribution in [0.5, 0.6) is 0 Å². The molecule has 1 aliphatic carbocycles. The molecular weight excluding hydrogens is 713 g/mol. The van der Waals surface area contributed by atoms with Crippen LogP contribution >= 0.6 is 39.1 Å². The Balaban J connectivity index is 0.000000344. The van der Waals surface area contributed by atoms with E-state index < -0.39 is 0 Å². The van der Waals surface area contributed by atoms with Gasteiger partial charge in [-0.05, 0) is 90.1 Å². The fraction of sp³-hybridized carbons (Fsp3) is 0.474. The number of nitrogen functional groups attached to an aromatic ring is 1. The summed E-state index contributed by atoms with van der Waals surface area (Å²) in [5.41, 5.74) is 10.3. The number of carbonyl (C=O) groups excluding carboxylic acids is 2. The van der Waals surface area contributed by atoms with Gasteiger partial charge in [-0.15, -0.1) is 0 Å². The lowest BCUT2D eigenvalue weighted by molar-refractivity contribution is -0.141. The van der Waals surface area contributed by atoms with Gasteiger partial charge in [0.25, 0.3) is 0 Å². The maximum atomic E-state index is 12.6. The van der Waals surface area contributed by atoms with Crippen molar-refractivity contribution in [2.24, 2.45) is 0 Å². The molecule has 0 aliphatic heterocycles. The number of rotatable bonds is 16. The van der Waals surface area contributed by atoms with Crippen molar-refractivity contribution >= 4 is 68.1 Å². The Morgan fingerprint density at radius 2 is 1.48 bits per heavy atom. The van der Waals surface area contributed by atoms with Crippen LogP contribution in [0.4, 0.5) is 17.1 Å². The topological polar surface area (TPSA) is 93.9 Å². The highest BCUT2D eigenvalue weighted by molar-refractivity contribution is 9.10. The first kappa shape index (κ1) is 39.7. The highest BCUT2D eigenvalue weighted by Gasteiger charge is 2.22. The molecule has 0 atom stereocenters. The summed E-state index contributed by atoms with van der Waals surface area (Å²) in [6, 6.07) is 19.5. The van der Waals surface area contributed by atoms with Crippen LogP contribution in [0.2, 0.25) is 10.0 Å². The minimum absolute atomic E-state index is 0.219. The Labute approximate surface area is 305 Å². The van der Waals surface area contributed by atoms with Gasteiger partial charge in [0.2, 0.25) is 0 Å². The molecule has 0 saturated heterocycles. The van der Waals surface area contributed by atoms with E-state index >= 15 is 0 Å². The van der Waals surface area contributed by atoms with Gasteiger partial charge in [0.15, 0.2) is 0 Å². The Hall–Kier alpha value is -2.78. The van der Waals surface area contributed by atoms with Gasteiger partial charge in [0.1, 0.15) is 0 Å². The van der Waals surface area contributed by atoms with Gasteiger partial charge in [-0.1, -0.05) is 99.3 Å². The molecule has 1 fully saturated rings. The van der Waals surface area contributed by atoms with E-state index in [4.69, 9.17) is 38.4 Å². The highest BCUT2D eigenvalue weighted by Crippen LogP contribution is 2.33. The largest absolute Gasteiger partial charge is 0.466 e. The monoisotopic (exact) mass is 761 g/mol. The van der Waals surface area contributed by atoms with E-state index in [9.17, 15) is 9.59 Å². The van der Waals surface area contributed by atoms with Crippen molar-refractivity contribution in [2.75, 3.05) is 30.8 Å². The van der Waals surface area contributed by atoms with Gasteiger partial charge in [0.05, 0.1) is 40.2 Å². The first-order valence-corrected chi connectivity index (χ1v) is 18.6. The zero-order valence-corrected chi connectivity index (χ0v) is 31.3. The van der Waals surface area contributed by atoms with E-state index in [-0.39, 0.29) is 11.9 Å². The van der Waals surface area contributed by atoms with Crippen molar-refractivity contribution in [3.05, 3.63) is 86.3 Å². The standard InChI is InChI=1S/C26H41BrN2O4.C12H9Cl2N/c1-3-29(23-13-9-8-10-14-23)19-22-17-21(18-24(27)25(22)28)26(31)33-16-12-7-5-4-6-11-15-32-20(2)30;13-10-7-4-8-11(14)12(10)15-9-5-2-1-3-6-9/h17-18,23H,3-16,19,28H2,1-2H3;1-8,15H. The third-order valence-corrected chi connectivity index (χ3v) is 9.69. The van der Waals surface area contributed by atoms with Crippen LogP contribution in [0, 0.1) is 0 Å². The van der Waals surface area contributed by atoms with Gasteiger partial charge < -0.3 is 20.5 Å². The lowest BCUT2D eigenvalue weighted by Crippen LogP contribution is -2.36. The summed E-state index contributed by atoms with van der Waals surface area (Å²) in [4.78, 5) is 25.8. The second-order valence-corrected chi connectivity index (χ2v) is 13.7. The summed E-state index contributed by atoms with van der Waals surface area (Å²) in [5.74, 6) is -0.511. The van der Waals surface area contributed by atoms with Crippen molar-refractivity contribution in [1.82, 2.24) is 4.90 Å². The van der Waals surface area contributed by atoms with E-state index in [0.717, 1.165) is 73.0 Å². The van der Waals surface area contributed by atoms with Gasteiger partial charge in [0, 0.05) is 29.7 Å². The number of unbranched alkanes of at least 4 members (excludes halogenated alkanes) is 5. The predicted octanol–water partition coefficient (Wildman–Crippen LogP) is 11.0. The van der Waals surface area contributed by atoms with Gasteiger partial charge >= 0.3 is 11.9 Å². The van der Waals surface area contributed by atoms with E-state index in [2.05, 4.69) is 33.1 Å². The fourth-order valence-corrected chi connectivity index (χ4v) is 6.74. The molecule has 0 unspecified atom stereocenters. The molecule has 3 aromatic carbocycles. The average molecular weight is 764 g/mol. The third-order valence-electron chi connectivity index (χ3n) is 8.40. The van der Waals surface area contributed by atoms with Gasteiger partial charge in [-0.2, -0.15) is 0 Å². The summed E-state index contributed by atoms with van der Waals surface area (Å²) >= 11 is 15.6. The van der Waals surface area contributed by atoms with Crippen LogP contribution in [-0.4, -0.2) is 42.6 Å². The molecule has 0 bridgehead atoms. The average Bonchev–Trinajstić information content (AvgIpc) is 3.08. The minimum atomic E-state index is -0.293. The molecule has 0 radical (unpaired) electrons. The number of carbonyl (C=O) groups is 2. The van der Waals surface area contributed by atoms with Gasteiger partial charge in [-0.25, -0.2) is 4.79 Å². The zero-order valence-electron chi connectivity index (χ0n) is 28.2. The highest BCUT2D eigenvalue weighted by atomic mass is 79.9. The molecule has 4 rings (SSSR count). The number of esters is 2. The zero-order chi connectivity index (χ0) is 34.7. The molecule has 3 N–H and O–H groups in total. The molecule has 7 nitrogen and oxygen atoms in total. The number of benzene rings is 3. The van der Waals surface area contributed by atoms with Crippen LogP contribution in [0.25, 0.3) is 0 Å². The van der Waals surface area contributed by atoms with Crippen LogP contribution < -0.4 is 11.1 Å². The molecule has 262 valence electrons. The summed E-state index contributed by atoms with van der Waals surface area (Å²) in [5, 5.41) is 4.41. The minimum Gasteiger partial charge on any atom is -0.466 e. The normalized spacial score (nSPS) is 13.0. The Morgan fingerprint density at radius 3 is 2.08 bits per heavy atom. The molecule has 1 aliphatic rings. The maximum absolute atomic E-state index is 12.6. The Bertz CT molecular complexity index is 1400. The Morgan fingerprint density at radius 1 is 0.875 bits per heavy atom. The molecule has 0 amide bonds. The van der Waals surface area contributed by atoms with Crippen LogP contribution in [0.15, 0.2) is 65.1 Å². The van der Waals surface area contributed by atoms with E-state index in [1.54, 1.807) is 18.2 Å². The summed E-state index contributed by atoms with van der Waals surface area (Å²) in [6.45, 7) is 6.28. The van der Waals surface area contributed by atoms with Crippen molar-refractivity contribution in [3.63, 3.8) is 0 Å². The molecule has 3 aromatic rings. The third kappa shape index (κ3) is 14.0. The molecule has 0 heterocycles. The summed E-state index contributed by atoms with van der Waals surface area (Å²) < 4.78 is 11.2. The number of ether oxygens (including phenoxy) is 2. The van der Waals surface area contributed by atoms with Crippen molar-refractivity contribution in [1.29, 1.82) is 0 Å². The van der Waals surface area contributed by atoms with Gasteiger partial charge in [-0.3, -0.25) is 9.69 Å². The number of nitrogens with one attached hydrogen (secondary N) is 1. The van der Waals surface area contributed by atoms with Crippen LogP contribution in [-0.2, 0) is 20.8 Å². The number of halogens is 3. The predicted molar refractivity (Wildman–Crippen MR) is 202 cm³/mol. The van der Waals surface area contributed by atoms with Crippen molar-refractivity contribution in [3.8, 4) is 0 Å². The molecule has 10 heteroatoms. The number of hydrogen-bond acceptors (Lipinski definition) is 7. The summed E-state index contributed by atoms with van der Waals surface area (Å²) in [6.07, 6.45) is 12.4. The Kier molecular flexibility index (Phi) is 18.2. The lowest BCUT2D eigenvalue weighted by Gasteiger charge is -2.34. The molecular formula is C38H50BrCl2N3O4. The molecule has 1 saturated carbocycles. The number of para-hydroxylation sites is 2. The fourth-order valence-electron chi connectivity index (χ4n) is 5.75. The van der Waals surface area contributed by atoms with E-state index in [1.807, 2.05) is 42.5 Å². The molecule has 0 spiro atoms. The second-order valence-electron chi connectivity index (χ2n) is 12.1. The number of nitrogens with two attached hydrogens (primary N) is 1. The SMILES string of the molecule is CCN(Cc1cc(C(=O)OCCCCCCCCOC(C)=O)cc(Br)c1N)C1CCCCC1.Clc1cccc(Cl)c1Nc1ccccc1. The summed E-state index contributed by atoms with van der Waals surface area (Å²) in [7, 11) is 0. The molecule has 0 aromatic heterocycles.